The molecule has 0 amide bonds. The van der Waals surface area contributed by atoms with Crippen LogP contribution in [0.1, 0.15) is 36.4 Å². The van der Waals surface area contributed by atoms with Crippen LogP contribution in [0.2, 0.25) is 0 Å². The van der Waals surface area contributed by atoms with E-state index in [1.165, 1.54) is 0 Å². The summed E-state index contributed by atoms with van der Waals surface area (Å²) in [5.74, 6) is 2.33. The zero-order valence-corrected chi connectivity index (χ0v) is 11.9. The van der Waals surface area contributed by atoms with E-state index in [0.29, 0.717) is 18.1 Å². The molecule has 2 aromatic heterocycles. The van der Waals surface area contributed by atoms with Crippen molar-refractivity contribution >= 4 is 11.5 Å². The molecule has 2 rings (SSSR count). The van der Waals surface area contributed by atoms with Crippen LogP contribution in [0.5, 0.6) is 0 Å². The van der Waals surface area contributed by atoms with E-state index < -0.39 is 0 Å². The van der Waals surface area contributed by atoms with Gasteiger partial charge in [0.15, 0.2) is 0 Å². The summed E-state index contributed by atoms with van der Waals surface area (Å²) in [6.45, 7) is 6.45. The molecule has 0 spiro atoms. The molecule has 2 heterocycles. The molecule has 6 heteroatoms. The summed E-state index contributed by atoms with van der Waals surface area (Å²) in [4.78, 5) is 4.33. The summed E-state index contributed by atoms with van der Waals surface area (Å²) in [7, 11) is 1.88. The van der Waals surface area contributed by atoms with Gasteiger partial charge in [-0.3, -0.25) is 4.68 Å². The van der Waals surface area contributed by atoms with Crippen molar-refractivity contribution in [2.75, 3.05) is 11.1 Å². The minimum Gasteiger partial charge on any atom is -0.444 e. The lowest BCUT2D eigenvalue weighted by atomic mass is 10.2. The van der Waals surface area contributed by atoms with Gasteiger partial charge >= 0.3 is 0 Å². The van der Waals surface area contributed by atoms with Gasteiger partial charge in [0.05, 0.1) is 23.6 Å². The van der Waals surface area contributed by atoms with Crippen molar-refractivity contribution in [2.45, 2.75) is 40.2 Å². The van der Waals surface area contributed by atoms with Gasteiger partial charge in [-0.2, -0.15) is 5.10 Å². The van der Waals surface area contributed by atoms with Crippen LogP contribution in [-0.2, 0) is 20.0 Å². The molecule has 0 aliphatic rings. The third-order valence-corrected chi connectivity index (χ3v) is 3.13. The van der Waals surface area contributed by atoms with Gasteiger partial charge in [0.2, 0.25) is 5.89 Å². The van der Waals surface area contributed by atoms with E-state index in [9.17, 15) is 0 Å². The topological polar surface area (TPSA) is 81.9 Å². The minimum atomic E-state index is 0.504. The first-order chi connectivity index (χ1) is 9.02. The number of oxazole rings is 1. The average molecular weight is 263 g/mol. The Bertz CT molecular complexity index is 550. The third kappa shape index (κ3) is 2.72. The maximum absolute atomic E-state index is 6.09. The lowest BCUT2D eigenvalue weighted by Gasteiger charge is -2.05. The second-order valence-electron chi connectivity index (χ2n) is 4.69. The van der Waals surface area contributed by atoms with Crippen molar-refractivity contribution in [3.63, 3.8) is 0 Å². The molecule has 104 valence electrons. The molecule has 3 N–H and O–H groups in total. The highest BCUT2D eigenvalue weighted by atomic mass is 16.4. The standard InChI is InChI=1S/C13H21N5O/c1-5-6-10-12(14)13(18(4)17-10)15-7-11-16-8(2)9(3)19-11/h15H,5-7,14H2,1-4H3. The number of nitrogen functional groups attached to an aromatic ring is 1. The number of anilines is 2. The molecule has 0 fully saturated rings. The van der Waals surface area contributed by atoms with Crippen molar-refractivity contribution in [2.24, 2.45) is 7.05 Å². The molecule has 0 aliphatic heterocycles. The first-order valence-corrected chi connectivity index (χ1v) is 6.51. The molecule has 0 saturated heterocycles. The van der Waals surface area contributed by atoms with Gasteiger partial charge in [0, 0.05) is 7.05 Å². The highest BCUT2D eigenvalue weighted by molar-refractivity contribution is 5.64. The van der Waals surface area contributed by atoms with Crippen LogP contribution < -0.4 is 11.1 Å². The molecule has 0 aliphatic carbocycles. The number of rotatable bonds is 5. The molecule has 0 atom stereocenters. The summed E-state index contributed by atoms with van der Waals surface area (Å²) in [6, 6.07) is 0. The zero-order valence-electron chi connectivity index (χ0n) is 11.9. The summed E-state index contributed by atoms with van der Waals surface area (Å²) < 4.78 is 7.29. The highest BCUT2D eigenvalue weighted by Gasteiger charge is 2.13. The summed E-state index contributed by atoms with van der Waals surface area (Å²) >= 11 is 0. The van der Waals surface area contributed by atoms with E-state index in [-0.39, 0.29) is 0 Å². The second-order valence-corrected chi connectivity index (χ2v) is 4.69. The van der Waals surface area contributed by atoms with Gasteiger partial charge in [-0.25, -0.2) is 4.98 Å². The maximum Gasteiger partial charge on any atom is 0.213 e. The van der Waals surface area contributed by atoms with Gasteiger partial charge in [-0.1, -0.05) is 13.3 Å². The van der Waals surface area contributed by atoms with Crippen molar-refractivity contribution in [3.05, 3.63) is 23.0 Å². The molecule has 2 aromatic rings. The normalized spacial score (nSPS) is 10.9. The van der Waals surface area contributed by atoms with E-state index in [2.05, 4.69) is 22.3 Å². The number of aromatic nitrogens is 3. The smallest absolute Gasteiger partial charge is 0.213 e. The molecular weight excluding hydrogens is 242 g/mol. The Morgan fingerprint density at radius 3 is 2.68 bits per heavy atom. The monoisotopic (exact) mass is 263 g/mol. The van der Waals surface area contributed by atoms with E-state index >= 15 is 0 Å². The fraction of sp³-hybridized carbons (Fsp3) is 0.538. The van der Waals surface area contributed by atoms with E-state index in [1.807, 2.05) is 20.9 Å². The molecule has 0 aromatic carbocycles. The van der Waals surface area contributed by atoms with Gasteiger partial charge < -0.3 is 15.5 Å². The largest absolute Gasteiger partial charge is 0.444 e. The Hall–Kier alpha value is -1.98. The van der Waals surface area contributed by atoms with Crippen LogP contribution in [0, 0.1) is 13.8 Å². The van der Waals surface area contributed by atoms with Crippen LogP contribution in [0.4, 0.5) is 11.5 Å². The van der Waals surface area contributed by atoms with Gasteiger partial charge in [0.1, 0.15) is 11.6 Å². The van der Waals surface area contributed by atoms with E-state index in [1.54, 1.807) is 4.68 Å². The molecule has 0 bridgehead atoms. The molecule has 6 nitrogen and oxygen atoms in total. The highest BCUT2D eigenvalue weighted by Crippen LogP contribution is 2.23. The van der Waals surface area contributed by atoms with Gasteiger partial charge in [0.25, 0.3) is 0 Å². The number of nitrogens with two attached hydrogens (primary N) is 1. The first kappa shape index (κ1) is 13.5. The number of hydrogen-bond acceptors (Lipinski definition) is 5. The fourth-order valence-electron chi connectivity index (χ4n) is 2.00. The minimum absolute atomic E-state index is 0.504. The lowest BCUT2D eigenvalue weighted by molar-refractivity contribution is 0.477. The summed E-state index contributed by atoms with van der Waals surface area (Å²) in [5.41, 5.74) is 8.66. The molecular formula is C13H21N5O. The van der Waals surface area contributed by atoms with Crippen molar-refractivity contribution < 1.29 is 4.42 Å². The van der Waals surface area contributed by atoms with Crippen LogP contribution in [0.25, 0.3) is 0 Å². The van der Waals surface area contributed by atoms with Crippen molar-refractivity contribution in [1.82, 2.24) is 14.8 Å². The maximum atomic E-state index is 6.09. The molecule has 0 unspecified atom stereocenters. The second kappa shape index (κ2) is 5.34. The third-order valence-electron chi connectivity index (χ3n) is 3.13. The Balaban J connectivity index is 2.11. The van der Waals surface area contributed by atoms with Crippen LogP contribution in [0.3, 0.4) is 0 Å². The Kier molecular flexibility index (Phi) is 3.78. The van der Waals surface area contributed by atoms with Crippen molar-refractivity contribution in [1.29, 1.82) is 0 Å². The lowest BCUT2D eigenvalue weighted by Crippen LogP contribution is -2.06. The van der Waals surface area contributed by atoms with Crippen molar-refractivity contribution in [3.8, 4) is 0 Å². The fourth-order valence-corrected chi connectivity index (χ4v) is 2.00. The van der Waals surface area contributed by atoms with E-state index in [4.69, 9.17) is 10.2 Å². The van der Waals surface area contributed by atoms with Crippen LogP contribution in [-0.4, -0.2) is 14.8 Å². The number of aryl methyl sites for hydroxylation is 4. The number of nitrogens with one attached hydrogen (secondary N) is 1. The quantitative estimate of drug-likeness (QED) is 0.864. The van der Waals surface area contributed by atoms with Gasteiger partial charge in [-0.05, 0) is 20.3 Å². The molecule has 0 radical (unpaired) electrons. The van der Waals surface area contributed by atoms with Crippen LogP contribution in [0.15, 0.2) is 4.42 Å². The summed E-state index contributed by atoms with van der Waals surface area (Å²) in [5, 5.41) is 7.65. The SMILES string of the molecule is CCCc1nn(C)c(NCc2nc(C)c(C)o2)c1N. The Morgan fingerprint density at radius 2 is 2.11 bits per heavy atom. The Labute approximate surface area is 113 Å². The van der Waals surface area contributed by atoms with E-state index in [0.717, 1.165) is 35.8 Å². The van der Waals surface area contributed by atoms with Crippen LogP contribution >= 0.6 is 0 Å². The Morgan fingerprint density at radius 1 is 1.37 bits per heavy atom. The number of nitrogens with zero attached hydrogens (tertiary/aromatic N) is 3. The predicted molar refractivity (Wildman–Crippen MR) is 74.9 cm³/mol. The predicted octanol–water partition coefficient (Wildman–Crippen LogP) is 2.17. The zero-order chi connectivity index (χ0) is 14.0. The first-order valence-electron chi connectivity index (χ1n) is 6.51. The van der Waals surface area contributed by atoms with Gasteiger partial charge in [-0.15, -0.1) is 0 Å². The molecule has 19 heavy (non-hydrogen) atoms. The molecule has 0 saturated carbocycles. The summed E-state index contributed by atoms with van der Waals surface area (Å²) in [6.07, 6.45) is 1.91. The average Bonchev–Trinajstić information content (AvgIpc) is 2.80. The number of hydrogen-bond donors (Lipinski definition) is 2.